The van der Waals surface area contributed by atoms with E-state index in [0.717, 1.165) is 25.5 Å². The number of thiophene rings is 1. The molecule has 5 heteroatoms. The van der Waals surface area contributed by atoms with Gasteiger partial charge < -0.3 is 20.4 Å². The van der Waals surface area contributed by atoms with Gasteiger partial charge in [-0.1, -0.05) is 6.08 Å². The van der Waals surface area contributed by atoms with Crippen LogP contribution < -0.4 is 15.5 Å². The van der Waals surface area contributed by atoms with Crippen molar-refractivity contribution in [2.24, 2.45) is 0 Å². The number of nitrogens with one attached hydrogen (secondary N) is 2. The van der Waals surface area contributed by atoms with Gasteiger partial charge in [0.05, 0.1) is 11.4 Å². The summed E-state index contributed by atoms with van der Waals surface area (Å²) in [5.41, 5.74) is 2.54. The zero-order valence-corrected chi connectivity index (χ0v) is 11.5. The van der Waals surface area contributed by atoms with Gasteiger partial charge in [0.15, 0.2) is 0 Å². The van der Waals surface area contributed by atoms with Gasteiger partial charge in [0.1, 0.15) is 10.8 Å². The van der Waals surface area contributed by atoms with Crippen LogP contribution in [0, 0.1) is 0 Å². The Labute approximate surface area is 112 Å². The molecule has 2 N–H and O–H groups in total. The normalized spacial score (nSPS) is 16.9. The summed E-state index contributed by atoms with van der Waals surface area (Å²) in [5, 5.41) is 10.4. The predicted octanol–water partition coefficient (Wildman–Crippen LogP) is 1.87. The minimum atomic E-state index is 0.946. The van der Waals surface area contributed by atoms with Gasteiger partial charge in [-0.2, -0.15) is 0 Å². The van der Waals surface area contributed by atoms with Crippen molar-refractivity contribution in [3.63, 3.8) is 0 Å². The second-order valence-corrected chi connectivity index (χ2v) is 5.68. The van der Waals surface area contributed by atoms with Gasteiger partial charge >= 0.3 is 0 Å². The van der Waals surface area contributed by atoms with Crippen molar-refractivity contribution in [3.05, 3.63) is 35.1 Å². The summed E-state index contributed by atoms with van der Waals surface area (Å²) >= 11 is 1.75. The number of likely N-dealkylation sites (N-methyl/N-ethyl adjacent to an activating group) is 1. The van der Waals surface area contributed by atoms with E-state index in [4.69, 9.17) is 0 Å². The van der Waals surface area contributed by atoms with E-state index in [-0.39, 0.29) is 0 Å². The molecule has 3 heterocycles. The first-order valence-electron chi connectivity index (χ1n) is 6.17. The van der Waals surface area contributed by atoms with Gasteiger partial charge in [0.2, 0.25) is 0 Å². The highest BCUT2D eigenvalue weighted by Crippen LogP contribution is 2.40. The lowest BCUT2D eigenvalue weighted by Crippen LogP contribution is -2.34. The van der Waals surface area contributed by atoms with Crippen molar-refractivity contribution >= 4 is 22.0 Å². The molecule has 4 nitrogen and oxygen atoms in total. The van der Waals surface area contributed by atoms with Crippen LogP contribution in [0.15, 0.2) is 35.1 Å². The molecule has 1 aromatic rings. The minimum Gasteiger partial charge on any atom is -0.369 e. The van der Waals surface area contributed by atoms with E-state index in [0.29, 0.717) is 0 Å². The molecule has 0 aliphatic carbocycles. The van der Waals surface area contributed by atoms with Crippen LogP contribution in [0.3, 0.4) is 0 Å². The molecule has 2 aliphatic heterocycles. The molecule has 3 rings (SSSR count). The standard InChI is InChI=1S/C13H18N4S/c1-16(2)8-6-14-12-10-4-3-7-17(10)11-5-9-18-13(11)15-12/h3-5,9,14-15H,6-8H2,1-2H3. The molecule has 1 aromatic heterocycles. The summed E-state index contributed by atoms with van der Waals surface area (Å²) in [4.78, 5) is 4.53. The van der Waals surface area contributed by atoms with E-state index >= 15 is 0 Å². The number of fused-ring (bicyclic) bond motifs is 3. The molecule has 0 amide bonds. The molecule has 2 aliphatic rings. The summed E-state index contributed by atoms with van der Waals surface area (Å²) in [7, 11) is 4.18. The fourth-order valence-electron chi connectivity index (χ4n) is 2.23. The van der Waals surface area contributed by atoms with E-state index in [2.05, 4.69) is 58.1 Å². The summed E-state index contributed by atoms with van der Waals surface area (Å²) in [6.45, 7) is 2.94. The summed E-state index contributed by atoms with van der Waals surface area (Å²) in [5.74, 6) is 1.13. The van der Waals surface area contributed by atoms with Gasteiger partial charge in [-0.25, -0.2) is 0 Å². The van der Waals surface area contributed by atoms with Crippen LogP contribution in [0.1, 0.15) is 0 Å². The number of hydrogen-bond acceptors (Lipinski definition) is 5. The molecule has 0 fully saturated rings. The topological polar surface area (TPSA) is 30.5 Å². The van der Waals surface area contributed by atoms with Crippen LogP contribution in [0.4, 0.5) is 10.7 Å². The molecule has 0 aromatic carbocycles. The maximum Gasteiger partial charge on any atom is 0.128 e. The van der Waals surface area contributed by atoms with Crippen LogP contribution in [0.25, 0.3) is 0 Å². The average Bonchev–Trinajstić information content (AvgIpc) is 2.95. The van der Waals surface area contributed by atoms with Gasteiger partial charge in [-0.05, 0) is 31.6 Å². The van der Waals surface area contributed by atoms with E-state index < -0.39 is 0 Å². The van der Waals surface area contributed by atoms with Crippen LogP contribution in [0.5, 0.6) is 0 Å². The van der Waals surface area contributed by atoms with E-state index in [9.17, 15) is 0 Å². The Balaban J connectivity index is 1.78. The number of anilines is 2. The highest BCUT2D eigenvalue weighted by molar-refractivity contribution is 7.15. The monoisotopic (exact) mass is 262 g/mol. The lowest BCUT2D eigenvalue weighted by molar-refractivity contribution is 0.408. The number of allylic oxidation sites excluding steroid dienone is 1. The van der Waals surface area contributed by atoms with E-state index in [1.54, 1.807) is 11.3 Å². The third kappa shape index (κ3) is 2.00. The smallest absolute Gasteiger partial charge is 0.128 e. The number of nitrogens with zero attached hydrogens (tertiary/aromatic N) is 2. The van der Waals surface area contributed by atoms with Crippen LogP contribution >= 0.6 is 11.3 Å². The van der Waals surface area contributed by atoms with Crippen LogP contribution in [0.2, 0.25) is 0 Å². The molecule has 96 valence electrons. The fourth-order valence-corrected chi connectivity index (χ4v) is 3.02. The highest BCUT2D eigenvalue weighted by Gasteiger charge is 2.26. The molecule has 0 saturated heterocycles. The Bertz CT molecular complexity index is 501. The first kappa shape index (κ1) is 11.6. The van der Waals surface area contributed by atoms with Crippen LogP contribution in [-0.4, -0.2) is 38.6 Å². The SMILES string of the molecule is CN(C)CCNC1=C2C=CCN2c2ccsc2N1. The Morgan fingerprint density at radius 3 is 3.22 bits per heavy atom. The average molecular weight is 262 g/mol. The zero-order chi connectivity index (χ0) is 12.5. The van der Waals surface area contributed by atoms with Crippen LogP contribution in [-0.2, 0) is 0 Å². The second kappa shape index (κ2) is 4.66. The largest absolute Gasteiger partial charge is 0.369 e. The fraction of sp³-hybridized carbons (Fsp3) is 0.385. The van der Waals surface area contributed by atoms with Gasteiger partial charge in [0, 0.05) is 19.6 Å². The van der Waals surface area contributed by atoms with Crippen molar-refractivity contribution < 1.29 is 0 Å². The molecular formula is C13H18N4S. The van der Waals surface area contributed by atoms with Crippen molar-refractivity contribution in [2.45, 2.75) is 0 Å². The van der Waals surface area contributed by atoms with Crippen molar-refractivity contribution in [3.8, 4) is 0 Å². The predicted molar refractivity (Wildman–Crippen MR) is 78.0 cm³/mol. The quantitative estimate of drug-likeness (QED) is 0.867. The Morgan fingerprint density at radius 2 is 2.39 bits per heavy atom. The van der Waals surface area contributed by atoms with Gasteiger partial charge in [-0.15, -0.1) is 11.3 Å². The number of rotatable bonds is 4. The Hall–Kier alpha value is -1.46. The number of hydrogen-bond donors (Lipinski definition) is 2. The third-order valence-electron chi connectivity index (χ3n) is 3.15. The van der Waals surface area contributed by atoms with Gasteiger partial charge in [0.25, 0.3) is 0 Å². The third-order valence-corrected chi connectivity index (χ3v) is 3.96. The molecule has 0 bridgehead atoms. The maximum atomic E-state index is 3.50. The molecule has 0 saturated carbocycles. The first-order valence-corrected chi connectivity index (χ1v) is 7.05. The first-order chi connectivity index (χ1) is 8.75. The van der Waals surface area contributed by atoms with Crippen molar-refractivity contribution in [1.29, 1.82) is 0 Å². The van der Waals surface area contributed by atoms with Crippen molar-refractivity contribution in [2.75, 3.05) is 43.9 Å². The highest BCUT2D eigenvalue weighted by atomic mass is 32.1. The Kier molecular flexibility index (Phi) is 3.01. The molecule has 0 unspecified atom stereocenters. The molecule has 0 radical (unpaired) electrons. The molecule has 0 atom stereocenters. The maximum absolute atomic E-state index is 3.50. The summed E-state index contributed by atoms with van der Waals surface area (Å²) < 4.78 is 0. The Morgan fingerprint density at radius 1 is 1.50 bits per heavy atom. The summed E-state index contributed by atoms with van der Waals surface area (Å²) in [6, 6.07) is 2.18. The molecule has 0 spiro atoms. The lowest BCUT2D eigenvalue weighted by atomic mass is 10.3. The minimum absolute atomic E-state index is 0.946. The lowest BCUT2D eigenvalue weighted by Gasteiger charge is -2.29. The summed E-state index contributed by atoms with van der Waals surface area (Å²) in [6.07, 6.45) is 4.39. The van der Waals surface area contributed by atoms with E-state index in [1.165, 1.54) is 16.4 Å². The molecule has 18 heavy (non-hydrogen) atoms. The van der Waals surface area contributed by atoms with E-state index in [1.807, 2.05) is 0 Å². The zero-order valence-electron chi connectivity index (χ0n) is 10.7. The van der Waals surface area contributed by atoms with Gasteiger partial charge in [-0.3, -0.25) is 0 Å². The molecular weight excluding hydrogens is 244 g/mol. The second-order valence-electron chi connectivity index (χ2n) is 4.76. The van der Waals surface area contributed by atoms with Crippen molar-refractivity contribution in [1.82, 2.24) is 10.2 Å².